The Morgan fingerprint density at radius 2 is 2.12 bits per heavy atom. The molecule has 2 atom stereocenters. The van der Waals surface area contributed by atoms with Gasteiger partial charge in [0.25, 0.3) is 5.69 Å². The Labute approximate surface area is 91.5 Å². The van der Waals surface area contributed by atoms with Crippen molar-refractivity contribution in [1.82, 2.24) is 0 Å². The molecule has 6 nitrogen and oxygen atoms in total. The predicted octanol–water partition coefficient (Wildman–Crippen LogP) is 0.821. The van der Waals surface area contributed by atoms with Gasteiger partial charge in [-0.05, 0) is 12.5 Å². The Kier molecular flexibility index (Phi) is 3.55. The zero-order valence-electron chi connectivity index (χ0n) is 8.49. The van der Waals surface area contributed by atoms with Crippen molar-refractivity contribution in [2.45, 2.75) is 19.1 Å². The van der Waals surface area contributed by atoms with E-state index in [1.807, 2.05) is 0 Å². The Bertz CT molecular complexity index is 453. The zero-order valence-corrected chi connectivity index (χ0v) is 8.49. The molecule has 0 saturated heterocycles. The first kappa shape index (κ1) is 12.1. The van der Waals surface area contributed by atoms with Crippen LogP contribution in [0, 0.1) is 28.4 Å². The van der Waals surface area contributed by atoms with Gasteiger partial charge in [-0.2, -0.15) is 5.26 Å². The van der Waals surface area contributed by atoms with E-state index in [0.29, 0.717) is 5.56 Å². The smallest absolute Gasteiger partial charge is 0.272 e. The standard InChI is InChI=1S/C10H10N2O4/c1-6-2-3-7(4-8(6)12(15)16)10(14)9(13)5-11/h2-4,9-10,13-14H,1H3. The van der Waals surface area contributed by atoms with Gasteiger partial charge in [0, 0.05) is 11.6 Å². The average Bonchev–Trinajstić information content (AvgIpc) is 2.27. The third kappa shape index (κ3) is 2.34. The fourth-order valence-corrected chi connectivity index (χ4v) is 1.26. The Morgan fingerprint density at radius 1 is 1.50 bits per heavy atom. The van der Waals surface area contributed by atoms with E-state index in [4.69, 9.17) is 10.4 Å². The third-order valence-corrected chi connectivity index (χ3v) is 2.20. The number of nitriles is 1. The van der Waals surface area contributed by atoms with Gasteiger partial charge in [-0.25, -0.2) is 0 Å². The molecule has 0 aromatic heterocycles. The molecule has 2 N–H and O–H groups in total. The normalized spacial score (nSPS) is 13.9. The van der Waals surface area contributed by atoms with E-state index in [2.05, 4.69) is 0 Å². The first-order chi connectivity index (χ1) is 7.47. The summed E-state index contributed by atoms with van der Waals surface area (Å²) < 4.78 is 0. The molecule has 1 aromatic rings. The van der Waals surface area contributed by atoms with Crippen molar-refractivity contribution in [2.75, 3.05) is 0 Å². The summed E-state index contributed by atoms with van der Waals surface area (Å²) in [5, 5.41) is 37.6. The quantitative estimate of drug-likeness (QED) is 0.447. The van der Waals surface area contributed by atoms with Gasteiger partial charge in [-0.3, -0.25) is 10.1 Å². The highest BCUT2D eigenvalue weighted by molar-refractivity contribution is 5.43. The molecule has 0 amide bonds. The molecule has 0 aliphatic carbocycles. The van der Waals surface area contributed by atoms with Gasteiger partial charge < -0.3 is 10.2 Å². The van der Waals surface area contributed by atoms with E-state index in [-0.39, 0.29) is 11.3 Å². The van der Waals surface area contributed by atoms with Crippen molar-refractivity contribution in [1.29, 1.82) is 5.26 Å². The first-order valence-corrected chi connectivity index (χ1v) is 4.48. The highest BCUT2D eigenvalue weighted by atomic mass is 16.6. The number of aliphatic hydroxyl groups is 2. The van der Waals surface area contributed by atoms with Gasteiger partial charge in [-0.1, -0.05) is 12.1 Å². The van der Waals surface area contributed by atoms with Gasteiger partial charge >= 0.3 is 0 Å². The van der Waals surface area contributed by atoms with Gasteiger partial charge in [0.05, 0.1) is 11.0 Å². The van der Waals surface area contributed by atoms with E-state index < -0.39 is 17.1 Å². The molecule has 0 aliphatic heterocycles. The van der Waals surface area contributed by atoms with E-state index in [0.717, 1.165) is 6.07 Å². The maximum atomic E-state index is 10.6. The summed E-state index contributed by atoms with van der Waals surface area (Å²) in [5.41, 5.74) is 0.445. The highest BCUT2D eigenvalue weighted by Crippen LogP contribution is 2.24. The van der Waals surface area contributed by atoms with E-state index in [1.165, 1.54) is 18.2 Å². The molecule has 84 valence electrons. The van der Waals surface area contributed by atoms with Crippen LogP contribution in [0.1, 0.15) is 17.2 Å². The first-order valence-electron chi connectivity index (χ1n) is 4.48. The topological polar surface area (TPSA) is 107 Å². The molecule has 0 heterocycles. The van der Waals surface area contributed by atoms with Crippen molar-refractivity contribution in [3.8, 4) is 6.07 Å². The van der Waals surface area contributed by atoms with Crippen LogP contribution < -0.4 is 0 Å². The lowest BCUT2D eigenvalue weighted by molar-refractivity contribution is -0.385. The third-order valence-electron chi connectivity index (χ3n) is 2.20. The van der Waals surface area contributed by atoms with Gasteiger partial charge in [0.1, 0.15) is 6.10 Å². The molecule has 0 fully saturated rings. The van der Waals surface area contributed by atoms with Crippen LogP contribution in [0.3, 0.4) is 0 Å². The van der Waals surface area contributed by atoms with Crippen LogP contribution >= 0.6 is 0 Å². The van der Waals surface area contributed by atoms with Gasteiger partial charge in [0.15, 0.2) is 6.10 Å². The molecule has 0 saturated carbocycles. The second kappa shape index (κ2) is 4.70. The van der Waals surface area contributed by atoms with E-state index >= 15 is 0 Å². The Balaban J connectivity index is 3.13. The van der Waals surface area contributed by atoms with Crippen molar-refractivity contribution in [3.63, 3.8) is 0 Å². The van der Waals surface area contributed by atoms with Crippen molar-refractivity contribution >= 4 is 5.69 Å². The summed E-state index contributed by atoms with van der Waals surface area (Å²) in [6.07, 6.45) is -3.04. The largest absolute Gasteiger partial charge is 0.385 e. The monoisotopic (exact) mass is 222 g/mol. The van der Waals surface area contributed by atoms with Crippen molar-refractivity contribution < 1.29 is 15.1 Å². The van der Waals surface area contributed by atoms with Crippen LogP contribution in [-0.4, -0.2) is 21.2 Å². The number of aryl methyl sites for hydroxylation is 1. The molecule has 1 rings (SSSR count). The van der Waals surface area contributed by atoms with Gasteiger partial charge in [-0.15, -0.1) is 0 Å². The number of rotatable bonds is 3. The molecule has 6 heteroatoms. The van der Waals surface area contributed by atoms with Crippen LogP contribution in [0.15, 0.2) is 18.2 Å². The minimum absolute atomic E-state index is 0.145. The maximum Gasteiger partial charge on any atom is 0.272 e. The Morgan fingerprint density at radius 3 is 2.62 bits per heavy atom. The fourth-order valence-electron chi connectivity index (χ4n) is 1.26. The minimum atomic E-state index is -1.60. The number of hydrogen-bond acceptors (Lipinski definition) is 5. The van der Waals surface area contributed by atoms with Crippen molar-refractivity contribution in [3.05, 3.63) is 39.4 Å². The van der Waals surface area contributed by atoms with Crippen LogP contribution in [0.2, 0.25) is 0 Å². The lowest BCUT2D eigenvalue weighted by atomic mass is 10.0. The van der Waals surface area contributed by atoms with Crippen molar-refractivity contribution in [2.24, 2.45) is 0 Å². The van der Waals surface area contributed by atoms with Gasteiger partial charge in [0.2, 0.25) is 0 Å². The van der Waals surface area contributed by atoms with E-state index in [1.54, 1.807) is 6.92 Å². The van der Waals surface area contributed by atoms with Crippen LogP contribution in [-0.2, 0) is 0 Å². The molecule has 0 spiro atoms. The molecule has 0 radical (unpaired) electrons. The SMILES string of the molecule is Cc1ccc(C(O)C(O)C#N)cc1[N+](=O)[O-]. The molecular formula is C10H10N2O4. The molecule has 0 aliphatic rings. The number of benzene rings is 1. The van der Waals surface area contributed by atoms with Crippen LogP contribution in [0.25, 0.3) is 0 Å². The second-order valence-electron chi connectivity index (χ2n) is 3.32. The molecule has 16 heavy (non-hydrogen) atoms. The minimum Gasteiger partial charge on any atom is -0.385 e. The summed E-state index contributed by atoms with van der Waals surface area (Å²) in [6, 6.07) is 5.51. The summed E-state index contributed by atoms with van der Waals surface area (Å²) in [4.78, 5) is 10.1. The number of nitrogens with zero attached hydrogens (tertiary/aromatic N) is 2. The molecule has 1 aromatic carbocycles. The number of nitro groups is 1. The average molecular weight is 222 g/mol. The summed E-state index contributed by atoms with van der Waals surface area (Å²) in [7, 11) is 0. The zero-order chi connectivity index (χ0) is 12.3. The summed E-state index contributed by atoms with van der Waals surface area (Å²) >= 11 is 0. The predicted molar refractivity (Wildman–Crippen MR) is 54.4 cm³/mol. The van der Waals surface area contributed by atoms with E-state index in [9.17, 15) is 15.2 Å². The summed E-state index contributed by atoms with van der Waals surface area (Å²) in [6.45, 7) is 1.56. The molecule has 2 unspecified atom stereocenters. The second-order valence-corrected chi connectivity index (χ2v) is 3.32. The Hall–Kier alpha value is -1.97. The fraction of sp³-hybridized carbons (Fsp3) is 0.300. The van der Waals surface area contributed by atoms with Crippen LogP contribution in [0.5, 0.6) is 0 Å². The lowest BCUT2D eigenvalue weighted by Gasteiger charge is -2.12. The molecular weight excluding hydrogens is 212 g/mol. The number of hydrogen-bond donors (Lipinski definition) is 2. The number of aliphatic hydroxyl groups excluding tert-OH is 2. The molecule has 0 bridgehead atoms. The maximum absolute atomic E-state index is 10.6. The summed E-state index contributed by atoms with van der Waals surface area (Å²) in [5.74, 6) is 0. The lowest BCUT2D eigenvalue weighted by Crippen LogP contribution is -2.15. The highest BCUT2D eigenvalue weighted by Gasteiger charge is 2.21. The van der Waals surface area contributed by atoms with Crippen LogP contribution in [0.4, 0.5) is 5.69 Å². The number of nitro benzene ring substituents is 1.